The summed E-state index contributed by atoms with van der Waals surface area (Å²) in [5.74, 6) is -0.670. The fourth-order valence-electron chi connectivity index (χ4n) is 1.97. The second-order valence-electron chi connectivity index (χ2n) is 4.18. The minimum Gasteiger partial charge on any atom is -0.468 e. The van der Waals surface area contributed by atoms with E-state index in [2.05, 4.69) is 10.1 Å². The quantitative estimate of drug-likeness (QED) is 0.771. The van der Waals surface area contributed by atoms with Crippen LogP contribution in [0.25, 0.3) is 0 Å². The molecule has 1 saturated heterocycles. The van der Waals surface area contributed by atoms with Crippen LogP contribution < -0.4 is 5.32 Å². The van der Waals surface area contributed by atoms with Gasteiger partial charge in [-0.05, 0) is 13.3 Å². The lowest BCUT2D eigenvalue weighted by molar-refractivity contribution is -0.161. The molecule has 0 aliphatic carbocycles. The molecule has 1 N–H and O–H groups in total. The first kappa shape index (κ1) is 14.2. The second kappa shape index (κ2) is 5.22. The smallest absolute Gasteiger partial charge is 0.401 e. The maximum Gasteiger partial charge on any atom is 0.401 e. The van der Waals surface area contributed by atoms with Crippen LogP contribution in [-0.2, 0) is 14.3 Å². The van der Waals surface area contributed by atoms with Gasteiger partial charge in [-0.1, -0.05) is 0 Å². The molecule has 1 rings (SSSR count). The molecule has 1 aliphatic heterocycles. The van der Waals surface area contributed by atoms with Crippen LogP contribution in [0, 0.1) is 0 Å². The SMILES string of the molecule is COC(=O)C1(NCC(F)(F)F)CCOC(C)C1. The first-order valence-corrected chi connectivity index (χ1v) is 5.31. The van der Waals surface area contributed by atoms with E-state index in [-0.39, 0.29) is 25.6 Å². The van der Waals surface area contributed by atoms with Crippen LogP contribution >= 0.6 is 0 Å². The van der Waals surface area contributed by atoms with E-state index in [1.54, 1.807) is 6.92 Å². The summed E-state index contributed by atoms with van der Waals surface area (Å²) in [5, 5.41) is 2.28. The number of ether oxygens (including phenoxy) is 2. The number of hydrogen-bond donors (Lipinski definition) is 1. The van der Waals surface area contributed by atoms with E-state index in [4.69, 9.17) is 4.74 Å². The molecule has 0 radical (unpaired) electrons. The van der Waals surface area contributed by atoms with Crippen molar-refractivity contribution in [2.75, 3.05) is 20.3 Å². The first-order valence-electron chi connectivity index (χ1n) is 5.31. The highest BCUT2D eigenvalue weighted by atomic mass is 19.4. The van der Waals surface area contributed by atoms with Gasteiger partial charge in [-0.2, -0.15) is 13.2 Å². The first-order chi connectivity index (χ1) is 7.79. The lowest BCUT2D eigenvalue weighted by Crippen LogP contribution is -2.59. The van der Waals surface area contributed by atoms with Crippen molar-refractivity contribution in [3.8, 4) is 0 Å². The normalized spacial score (nSPS) is 30.1. The summed E-state index contributed by atoms with van der Waals surface area (Å²) in [4.78, 5) is 11.6. The molecule has 1 aliphatic rings. The zero-order chi connectivity index (χ0) is 13.1. The summed E-state index contributed by atoms with van der Waals surface area (Å²) in [6, 6.07) is 0. The zero-order valence-corrected chi connectivity index (χ0v) is 9.76. The maximum absolute atomic E-state index is 12.2. The largest absolute Gasteiger partial charge is 0.468 e. The third kappa shape index (κ3) is 3.85. The molecule has 0 aromatic rings. The molecule has 0 bridgehead atoms. The summed E-state index contributed by atoms with van der Waals surface area (Å²) < 4.78 is 46.4. The molecule has 1 fully saturated rings. The molecule has 1 heterocycles. The van der Waals surface area contributed by atoms with Crippen molar-refractivity contribution in [1.82, 2.24) is 5.32 Å². The van der Waals surface area contributed by atoms with Crippen molar-refractivity contribution in [1.29, 1.82) is 0 Å². The van der Waals surface area contributed by atoms with E-state index >= 15 is 0 Å². The van der Waals surface area contributed by atoms with Crippen molar-refractivity contribution >= 4 is 5.97 Å². The third-order valence-electron chi connectivity index (χ3n) is 2.77. The third-order valence-corrected chi connectivity index (χ3v) is 2.77. The number of alkyl halides is 3. The molecule has 0 aromatic heterocycles. The van der Waals surface area contributed by atoms with Crippen LogP contribution in [0.15, 0.2) is 0 Å². The Morgan fingerprint density at radius 1 is 1.59 bits per heavy atom. The van der Waals surface area contributed by atoms with Gasteiger partial charge in [0.05, 0.1) is 19.8 Å². The molecule has 0 spiro atoms. The monoisotopic (exact) mass is 255 g/mol. The molecule has 2 atom stereocenters. The van der Waals surface area contributed by atoms with Gasteiger partial charge in [-0.25, -0.2) is 0 Å². The van der Waals surface area contributed by atoms with Crippen LogP contribution in [0.5, 0.6) is 0 Å². The Morgan fingerprint density at radius 3 is 2.71 bits per heavy atom. The van der Waals surface area contributed by atoms with Gasteiger partial charge in [-0.15, -0.1) is 0 Å². The molecule has 7 heteroatoms. The highest BCUT2D eigenvalue weighted by Crippen LogP contribution is 2.27. The number of hydrogen-bond acceptors (Lipinski definition) is 4. The molecule has 0 amide bonds. The van der Waals surface area contributed by atoms with Crippen LogP contribution in [0.3, 0.4) is 0 Å². The number of carbonyl (C=O) groups is 1. The average Bonchev–Trinajstić information content (AvgIpc) is 2.24. The molecule has 17 heavy (non-hydrogen) atoms. The Morgan fingerprint density at radius 2 is 2.24 bits per heavy atom. The van der Waals surface area contributed by atoms with Gasteiger partial charge in [0.2, 0.25) is 0 Å². The predicted octanol–water partition coefficient (Wildman–Crippen LogP) is 1.25. The van der Waals surface area contributed by atoms with E-state index in [0.717, 1.165) is 0 Å². The topological polar surface area (TPSA) is 47.6 Å². The minimum absolute atomic E-state index is 0.176. The van der Waals surface area contributed by atoms with Crippen molar-refractivity contribution in [3.63, 3.8) is 0 Å². The summed E-state index contributed by atoms with van der Waals surface area (Å²) in [6.45, 7) is 0.738. The molecule has 4 nitrogen and oxygen atoms in total. The van der Waals surface area contributed by atoms with Gasteiger partial charge < -0.3 is 9.47 Å². The average molecular weight is 255 g/mol. The number of nitrogens with one attached hydrogen (secondary N) is 1. The van der Waals surface area contributed by atoms with Gasteiger partial charge in [0.1, 0.15) is 5.54 Å². The van der Waals surface area contributed by atoms with E-state index in [0.29, 0.717) is 0 Å². The number of halogens is 3. The molecular weight excluding hydrogens is 239 g/mol. The van der Waals surface area contributed by atoms with Crippen molar-refractivity contribution in [2.45, 2.75) is 37.6 Å². The lowest BCUT2D eigenvalue weighted by atomic mass is 9.87. The minimum atomic E-state index is -4.36. The number of rotatable bonds is 3. The molecule has 100 valence electrons. The molecular formula is C10H16F3NO3. The highest BCUT2D eigenvalue weighted by Gasteiger charge is 2.45. The van der Waals surface area contributed by atoms with E-state index in [1.807, 2.05) is 0 Å². The van der Waals surface area contributed by atoms with Crippen molar-refractivity contribution in [2.24, 2.45) is 0 Å². The predicted molar refractivity (Wildman–Crippen MR) is 53.5 cm³/mol. The lowest BCUT2D eigenvalue weighted by Gasteiger charge is -2.38. The fraction of sp³-hybridized carbons (Fsp3) is 0.900. The summed E-state index contributed by atoms with van der Waals surface area (Å²) in [5.41, 5.74) is -1.29. The van der Waals surface area contributed by atoms with Crippen molar-refractivity contribution in [3.05, 3.63) is 0 Å². The Balaban J connectivity index is 2.75. The standard InChI is InChI=1S/C10H16F3NO3/c1-7-5-9(3-4-17-7,8(15)16-2)14-6-10(11,12)13/h7,14H,3-6H2,1-2H3. The van der Waals surface area contributed by atoms with Gasteiger partial charge >= 0.3 is 12.1 Å². The number of esters is 1. The van der Waals surface area contributed by atoms with E-state index < -0.39 is 24.2 Å². The van der Waals surface area contributed by atoms with Crippen LogP contribution in [0.2, 0.25) is 0 Å². The fourth-order valence-corrected chi connectivity index (χ4v) is 1.97. The Labute approximate surface area is 97.5 Å². The van der Waals surface area contributed by atoms with Crippen LogP contribution in [0.1, 0.15) is 19.8 Å². The summed E-state index contributed by atoms with van der Waals surface area (Å²) >= 11 is 0. The van der Waals surface area contributed by atoms with Crippen LogP contribution in [-0.4, -0.2) is 44.0 Å². The van der Waals surface area contributed by atoms with Crippen LogP contribution in [0.4, 0.5) is 13.2 Å². The molecule has 0 aromatic carbocycles. The van der Waals surface area contributed by atoms with Gasteiger partial charge in [0, 0.05) is 13.0 Å². The summed E-state index contributed by atoms with van der Waals surface area (Å²) in [6.07, 6.45) is -4.28. The Hall–Kier alpha value is -0.820. The Bertz CT molecular complexity index is 282. The van der Waals surface area contributed by atoms with Gasteiger partial charge in [0.25, 0.3) is 0 Å². The summed E-state index contributed by atoms with van der Waals surface area (Å²) in [7, 11) is 1.17. The Kier molecular flexibility index (Phi) is 4.37. The van der Waals surface area contributed by atoms with E-state index in [1.165, 1.54) is 7.11 Å². The zero-order valence-electron chi connectivity index (χ0n) is 9.76. The number of methoxy groups -OCH3 is 1. The molecule has 0 saturated carbocycles. The molecule has 2 unspecified atom stereocenters. The van der Waals surface area contributed by atoms with Gasteiger partial charge in [-0.3, -0.25) is 10.1 Å². The van der Waals surface area contributed by atoms with E-state index in [9.17, 15) is 18.0 Å². The second-order valence-corrected chi connectivity index (χ2v) is 4.18. The maximum atomic E-state index is 12.2. The highest BCUT2D eigenvalue weighted by molar-refractivity contribution is 5.81. The van der Waals surface area contributed by atoms with Crippen molar-refractivity contribution < 1.29 is 27.4 Å². The van der Waals surface area contributed by atoms with Gasteiger partial charge in [0.15, 0.2) is 0 Å². The number of carbonyl (C=O) groups excluding carboxylic acids is 1.